The molecule has 130 valence electrons. The largest absolute Gasteiger partial charge is 0.491 e. The van der Waals surface area contributed by atoms with E-state index in [0.717, 1.165) is 18.8 Å². The molecule has 3 atom stereocenters. The van der Waals surface area contributed by atoms with E-state index in [9.17, 15) is 5.11 Å². The molecule has 23 heavy (non-hydrogen) atoms. The fraction of sp³-hybridized carbons (Fsp3) is 0.684. The van der Waals surface area contributed by atoms with Gasteiger partial charge in [-0.15, -0.1) is 0 Å². The van der Waals surface area contributed by atoms with Gasteiger partial charge in [-0.3, -0.25) is 4.90 Å². The molecule has 0 radical (unpaired) electrons. The molecule has 4 nitrogen and oxygen atoms in total. The summed E-state index contributed by atoms with van der Waals surface area (Å²) in [4.78, 5) is 2.25. The van der Waals surface area contributed by atoms with Crippen LogP contribution in [-0.4, -0.2) is 54.6 Å². The van der Waals surface area contributed by atoms with Crippen molar-refractivity contribution in [2.24, 2.45) is 0 Å². The molecule has 0 spiro atoms. The van der Waals surface area contributed by atoms with E-state index in [1.165, 1.54) is 11.1 Å². The van der Waals surface area contributed by atoms with Crippen molar-refractivity contribution in [2.75, 3.05) is 26.2 Å². The first-order valence-electron chi connectivity index (χ1n) is 8.64. The van der Waals surface area contributed by atoms with Gasteiger partial charge >= 0.3 is 0 Å². The normalized spacial score (nSPS) is 24.0. The van der Waals surface area contributed by atoms with Gasteiger partial charge in [-0.05, 0) is 49.9 Å². The Kier molecular flexibility index (Phi) is 6.45. The molecular weight excluding hydrogens is 290 g/mol. The maximum atomic E-state index is 10.2. The van der Waals surface area contributed by atoms with Gasteiger partial charge in [-0.25, -0.2) is 0 Å². The van der Waals surface area contributed by atoms with Gasteiger partial charge < -0.3 is 14.6 Å². The van der Waals surface area contributed by atoms with Crippen molar-refractivity contribution in [1.82, 2.24) is 4.90 Å². The van der Waals surface area contributed by atoms with E-state index in [4.69, 9.17) is 9.47 Å². The number of aryl methyl sites for hydroxylation is 1. The molecule has 1 N–H and O–H groups in total. The average Bonchev–Trinajstić information content (AvgIpc) is 2.43. The average molecular weight is 321 g/mol. The van der Waals surface area contributed by atoms with E-state index in [-0.39, 0.29) is 12.2 Å². The summed E-state index contributed by atoms with van der Waals surface area (Å²) in [6.07, 6.45) is -0.0474. The van der Waals surface area contributed by atoms with Crippen molar-refractivity contribution >= 4 is 0 Å². The second-order valence-corrected chi connectivity index (χ2v) is 7.11. The highest BCUT2D eigenvalue weighted by Gasteiger charge is 2.23. The molecule has 1 heterocycles. The highest BCUT2D eigenvalue weighted by atomic mass is 16.5. The van der Waals surface area contributed by atoms with Crippen LogP contribution < -0.4 is 4.74 Å². The standard InChI is InChI=1S/C19H31NO3/c1-13(2)19-7-6-18(8-14(19)3)22-12-17(21)11-20-9-15(4)23-16(5)10-20/h6-8,13,15-17,21H,9-12H2,1-5H3/t15-,16-,17-/m1/s1. The van der Waals surface area contributed by atoms with Crippen LogP contribution in [0.2, 0.25) is 0 Å². The number of ether oxygens (including phenoxy) is 2. The van der Waals surface area contributed by atoms with Crippen molar-refractivity contribution in [1.29, 1.82) is 0 Å². The molecule has 1 saturated heterocycles. The van der Waals surface area contributed by atoms with Gasteiger partial charge in [-0.1, -0.05) is 19.9 Å². The van der Waals surface area contributed by atoms with Gasteiger partial charge in [0.05, 0.1) is 12.2 Å². The van der Waals surface area contributed by atoms with Crippen LogP contribution in [0.15, 0.2) is 18.2 Å². The van der Waals surface area contributed by atoms with Gasteiger partial charge in [0.15, 0.2) is 0 Å². The summed E-state index contributed by atoms with van der Waals surface area (Å²) in [5, 5.41) is 10.2. The van der Waals surface area contributed by atoms with Crippen LogP contribution in [0, 0.1) is 6.92 Å². The van der Waals surface area contributed by atoms with E-state index in [1.54, 1.807) is 0 Å². The summed E-state index contributed by atoms with van der Waals surface area (Å²) in [7, 11) is 0. The van der Waals surface area contributed by atoms with E-state index in [1.807, 2.05) is 6.07 Å². The van der Waals surface area contributed by atoms with Crippen LogP contribution >= 0.6 is 0 Å². The Labute approximate surface area is 140 Å². The third-order valence-electron chi connectivity index (χ3n) is 4.27. The predicted octanol–water partition coefficient (Wildman–Crippen LogP) is 2.97. The molecule has 0 bridgehead atoms. The summed E-state index contributed by atoms with van der Waals surface area (Å²) in [6, 6.07) is 6.17. The fourth-order valence-corrected chi connectivity index (χ4v) is 3.36. The second-order valence-electron chi connectivity index (χ2n) is 7.11. The molecule has 4 heteroatoms. The topological polar surface area (TPSA) is 41.9 Å². The number of morpholine rings is 1. The third-order valence-corrected chi connectivity index (χ3v) is 4.27. The molecule has 1 aliphatic heterocycles. The Morgan fingerprint density at radius 2 is 1.91 bits per heavy atom. The van der Waals surface area contributed by atoms with Crippen molar-refractivity contribution < 1.29 is 14.6 Å². The minimum Gasteiger partial charge on any atom is -0.491 e. The molecular formula is C19H31NO3. The first-order valence-corrected chi connectivity index (χ1v) is 8.64. The first-order chi connectivity index (χ1) is 10.8. The SMILES string of the molecule is Cc1cc(OC[C@H](O)CN2C[C@@H](C)O[C@H](C)C2)ccc1C(C)C. The molecule has 1 aliphatic rings. The highest BCUT2D eigenvalue weighted by molar-refractivity contribution is 5.36. The molecule has 0 amide bonds. The quantitative estimate of drug-likeness (QED) is 0.875. The van der Waals surface area contributed by atoms with Gasteiger partial charge in [-0.2, -0.15) is 0 Å². The van der Waals surface area contributed by atoms with Crippen molar-refractivity contribution in [3.05, 3.63) is 29.3 Å². The number of hydrogen-bond acceptors (Lipinski definition) is 4. The lowest BCUT2D eigenvalue weighted by molar-refractivity contribution is -0.0786. The number of aliphatic hydroxyl groups excluding tert-OH is 1. The first kappa shape index (κ1) is 18.2. The monoisotopic (exact) mass is 321 g/mol. The lowest BCUT2D eigenvalue weighted by Gasteiger charge is -2.36. The van der Waals surface area contributed by atoms with Crippen LogP contribution in [0.4, 0.5) is 0 Å². The molecule has 1 aromatic rings. The van der Waals surface area contributed by atoms with E-state index < -0.39 is 6.10 Å². The smallest absolute Gasteiger partial charge is 0.119 e. The zero-order chi connectivity index (χ0) is 17.0. The van der Waals surface area contributed by atoms with Crippen LogP contribution in [0.3, 0.4) is 0 Å². The van der Waals surface area contributed by atoms with Crippen molar-refractivity contribution in [3.8, 4) is 5.75 Å². The maximum Gasteiger partial charge on any atom is 0.119 e. The van der Waals surface area contributed by atoms with Gasteiger partial charge in [0, 0.05) is 19.6 Å². The molecule has 1 aromatic carbocycles. The Morgan fingerprint density at radius 1 is 1.26 bits per heavy atom. The zero-order valence-corrected chi connectivity index (χ0v) is 15.1. The van der Waals surface area contributed by atoms with Crippen LogP contribution in [0.1, 0.15) is 44.7 Å². The molecule has 1 fully saturated rings. The maximum absolute atomic E-state index is 10.2. The summed E-state index contributed by atoms with van der Waals surface area (Å²) in [5.74, 6) is 1.34. The molecule has 0 aromatic heterocycles. The number of nitrogens with zero attached hydrogens (tertiary/aromatic N) is 1. The molecule has 2 rings (SSSR count). The lowest BCUT2D eigenvalue weighted by Crippen LogP contribution is -2.48. The Balaban J connectivity index is 1.82. The number of benzene rings is 1. The van der Waals surface area contributed by atoms with Crippen LogP contribution in [-0.2, 0) is 4.74 Å². The van der Waals surface area contributed by atoms with E-state index in [0.29, 0.717) is 19.1 Å². The number of hydrogen-bond donors (Lipinski definition) is 1. The van der Waals surface area contributed by atoms with Crippen LogP contribution in [0.25, 0.3) is 0 Å². The summed E-state index contributed by atoms with van der Waals surface area (Å²) >= 11 is 0. The Bertz CT molecular complexity index is 493. The van der Waals surface area contributed by atoms with Gasteiger partial charge in [0.2, 0.25) is 0 Å². The Hall–Kier alpha value is -1.10. The lowest BCUT2D eigenvalue weighted by atomic mass is 9.98. The molecule has 0 saturated carbocycles. The van der Waals surface area contributed by atoms with E-state index in [2.05, 4.69) is 51.7 Å². The number of β-amino-alcohol motifs (C(OH)–C–C–N with tert-alkyl or cyclic N) is 1. The fourth-order valence-electron chi connectivity index (χ4n) is 3.36. The van der Waals surface area contributed by atoms with E-state index >= 15 is 0 Å². The predicted molar refractivity (Wildman–Crippen MR) is 93.2 cm³/mol. The summed E-state index contributed by atoms with van der Waals surface area (Å²) < 4.78 is 11.5. The summed E-state index contributed by atoms with van der Waals surface area (Å²) in [6.45, 7) is 13.3. The highest BCUT2D eigenvalue weighted by Crippen LogP contribution is 2.23. The van der Waals surface area contributed by atoms with Crippen LogP contribution in [0.5, 0.6) is 5.75 Å². The second kappa shape index (κ2) is 8.13. The molecule has 0 aliphatic carbocycles. The zero-order valence-electron chi connectivity index (χ0n) is 15.1. The van der Waals surface area contributed by atoms with Crippen molar-refractivity contribution in [2.45, 2.75) is 58.8 Å². The minimum absolute atomic E-state index is 0.220. The van der Waals surface area contributed by atoms with Gasteiger partial charge in [0.25, 0.3) is 0 Å². The van der Waals surface area contributed by atoms with Gasteiger partial charge in [0.1, 0.15) is 18.5 Å². The summed E-state index contributed by atoms with van der Waals surface area (Å²) in [5.41, 5.74) is 2.58. The third kappa shape index (κ3) is 5.48. The Morgan fingerprint density at radius 3 is 2.48 bits per heavy atom. The number of rotatable bonds is 6. The molecule has 0 unspecified atom stereocenters. The van der Waals surface area contributed by atoms with Crippen molar-refractivity contribution in [3.63, 3.8) is 0 Å². The number of aliphatic hydroxyl groups is 1. The minimum atomic E-state index is -0.488.